The molecule has 0 aromatic heterocycles. The van der Waals surface area contributed by atoms with Crippen molar-refractivity contribution in [2.45, 2.75) is 135 Å². The lowest BCUT2D eigenvalue weighted by Gasteiger charge is -2.41. The van der Waals surface area contributed by atoms with E-state index in [1.807, 2.05) is 31.2 Å². The fourth-order valence-electron chi connectivity index (χ4n) is 8.82. The van der Waals surface area contributed by atoms with Gasteiger partial charge in [-0.2, -0.15) is 0 Å². The van der Waals surface area contributed by atoms with Crippen LogP contribution in [0.4, 0.5) is 0 Å². The lowest BCUT2D eigenvalue weighted by molar-refractivity contribution is -0.152. The predicted molar refractivity (Wildman–Crippen MR) is 224 cm³/mol. The molecule has 3 saturated carbocycles. The lowest BCUT2D eigenvalue weighted by Crippen LogP contribution is -2.39. The van der Waals surface area contributed by atoms with Crippen molar-refractivity contribution in [2.75, 3.05) is 13.2 Å². The highest BCUT2D eigenvalue weighted by Gasteiger charge is 2.41. The van der Waals surface area contributed by atoms with Gasteiger partial charge in [0.1, 0.15) is 5.75 Å². The first kappa shape index (κ1) is 44.3. The van der Waals surface area contributed by atoms with Crippen molar-refractivity contribution in [3.8, 4) is 29.4 Å². The maximum atomic E-state index is 13.7. The highest BCUT2D eigenvalue weighted by Crippen LogP contribution is 2.44. The number of rotatable bonds is 16. The molecule has 3 aliphatic rings. The van der Waals surface area contributed by atoms with Gasteiger partial charge in [-0.1, -0.05) is 63.9 Å². The van der Waals surface area contributed by atoms with E-state index in [1.54, 1.807) is 24.3 Å². The standard InChI is InChI=1S/C50H62O8/c1-4-7-8-12-38-17-19-40(20-18-38)41-30-33-50(34-31-41,32-29-39-15-13-37(11-5-2)14-16-39)58-49(54)44-25-27-45(28-26-44)57-48(53)43-23-21-42(22-24-43)47(52)56-36-10-9-35-55-46(51)6-3/h6,13-16,25-28,38,40-43H,3-4,7-10,12,17-24,30-31,33-36H2,1-2H3. The molecular formula is C50H62O8. The van der Waals surface area contributed by atoms with E-state index in [0.717, 1.165) is 41.9 Å². The number of carbonyl (C=O) groups is 4. The molecule has 8 nitrogen and oxygen atoms in total. The van der Waals surface area contributed by atoms with Gasteiger partial charge in [0.2, 0.25) is 0 Å². The molecule has 0 N–H and O–H groups in total. The van der Waals surface area contributed by atoms with Crippen molar-refractivity contribution in [1.82, 2.24) is 0 Å². The van der Waals surface area contributed by atoms with E-state index >= 15 is 0 Å². The molecule has 0 atom stereocenters. The summed E-state index contributed by atoms with van der Waals surface area (Å²) >= 11 is 0. The molecule has 2 aromatic rings. The van der Waals surface area contributed by atoms with Crippen LogP contribution in [0.3, 0.4) is 0 Å². The molecule has 58 heavy (non-hydrogen) atoms. The molecule has 2 aromatic carbocycles. The summed E-state index contributed by atoms with van der Waals surface area (Å²) in [5.41, 5.74) is 1.29. The number of carbonyl (C=O) groups excluding carboxylic acids is 4. The van der Waals surface area contributed by atoms with Crippen LogP contribution in [-0.4, -0.2) is 42.7 Å². The molecule has 0 aliphatic heterocycles. The van der Waals surface area contributed by atoms with E-state index in [4.69, 9.17) is 18.9 Å². The third-order valence-corrected chi connectivity index (χ3v) is 12.4. The van der Waals surface area contributed by atoms with Crippen LogP contribution < -0.4 is 4.74 Å². The second-order valence-corrected chi connectivity index (χ2v) is 16.4. The minimum Gasteiger partial charge on any atom is -0.465 e. The lowest BCUT2D eigenvalue weighted by atomic mass is 9.67. The Morgan fingerprint density at radius 2 is 1.29 bits per heavy atom. The number of benzene rings is 2. The summed E-state index contributed by atoms with van der Waals surface area (Å²) in [7, 11) is 0. The number of unbranched alkanes of at least 4 members (excludes halogenated alkanes) is 3. The van der Waals surface area contributed by atoms with E-state index in [9.17, 15) is 19.2 Å². The first-order chi connectivity index (χ1) is 28.2. The van der Waals surface area contributed by atoms with Gasteiger partial charge in [-0.3, -0.25) is 9.59 Å². The van der Waals surface area contributed by atoms with Crippen LogP contribution >= 0.6 is 0 Å². The molecule has 8 heteroatoms. The van der Waals surface area contributed by atoms with Crippen LogP contribution in [0.25, 0.3) is 0 Å². The quantitative estimate of drug-likeness (QED) is 0.0413. The summed E-state index contributed by atoms with van der Waals surface area (Å²) < 4.78 is 22.4. The summed E-state index contributed by atoms with van der Waals surface area (Å²) in [6.07, 6.45) is 18.5. The summed E-state index contributed by atoms with van der Waals surface area (Å²) in [5.74, 6) is 13.3. The zero-order chi connectivity index (χ0) is 41.2. The van der Waals surface area contributed by atoms with Crippen LogP contribution in [0.5, 0.6) is 5.75 Å². The van der Waals surface area contributed by atoms with Crippen LogP contribution in [0.2, 0.25) is 0 Å². The Kier molecular flexibility index (Phi) is 17.5. The molecular weight excluding hydrogens is 729 g/mol. The fraction of sp³-hybridized carbons (Fsp3) is 0.560. The Hall–Kier alpha value is -4.82. The normalized spacial score (nSPS) is 24.1. The third kappa shape index (κ3) is 13.6. The van der Waals surface area contributed by atoms with Gasteiger partial charge in [-0.25, -0.2) is 9.59 Å². The number of hydrogen-bond acceptors (Lipinski definition) is 8. The number of esters is 4. The second-order valence-electron chi connectivity index (χ2n) is 16.4. The maximum absolute atomic E-state index is 13.7. The number of ether oxygens (including phenoxy) is 4. The molecule has 3 fully saturated rings. The van der Waals surface area contributed by atoms with E-state index in [2.05, 4.69) is 37.2 Å². The van der Waals surface area contributed by atoms with Gasteiger partial charge in [0.25, 0.3) is 0 Å². The van der Waals surface area contributed by atoms with Crippen molar-refractivity contribution < 1.29 is 38.1 Å². The average molecular weight is 791 g/mol. The highest BCUT2D eigenvalue weighted by atomic mass is 16.6. The fourth-order valence-corrected chi connectivity index (χ4v) is 8.82. The van der Waals surface area contributed by atoms with Crippen LogP contribution in [-0.2, 0) is 28.6 Å². The molecule has 5 rings (SSSR count). The second kappa shape index (κ2) is 22.9. The molecule has 0 unspecified atom stereocenters. The first-order valence-corrected chi connectivity index (χ1v) is 21.8. The van der Waals surface area contributed by atoms with E-state index in [1.165, 1.54) is 51.4 Å². The van der Waals surface area contributed by atoms with Gasteiger partial charge in [0.05, 0.1) is 30.6 Å². The monoisotopic (exact) mass is 790 g/mol. The van der Waals surface area contributed by atoms with E-state index < -0.39 is 17.5 Å². The van der Waals surface area contributed by atoms with Crippen molar-refractivity contribution in [3.63, 3.8) is 0 Å². The Labute approximate surface area is 346 Å². The highest BCUT2D eigenvalue weighted by molar-refractivity contribution is 5.90. The molecule has 0 saturated heterocycles. The predicted octanol–water partition coefficient (Wildman–Crippen LogP) is 10.3. The Morgan fingerprint density at radius 1 is 0.707 bits per heavy atom. The summed E-state index contributed by atoms with van der Waals surface area (Å²) in [4.78, 5) is 50.4. The third-order valence-electron chi connectivity index (χ3n) is 12.4. The van der Waals surface area contributed by atoms with Crippen molar-refractivity contribution in [1.29, 1.82) is 0 Å². The topological polar surface area (TPSA) is 105 Å². The van der Waals surface area contributed by atoms with Crippen LogP contribution in [0, 0.1) is 53.3 Å². The van der Waals surface area contributed by atoms with Gasteiger partial charge >= 0.3 is 23.9 Å². The summed E-state index contributed by atoms with van der Waals surface area (Å²) in [6.45, 7) is 7.96. The Balaban J connectivity index is 1.12. The van der Waals surface area contributed by atoms with E-state index in [0.29, 0.717) is 68.6 Å². The first-order valence-electron chi connectivity index (χ1n) is 21.8. The molecule has 0 amide bonds. The van der Waals surface area contributed by atoms with Crippen LogP contribution in [0.1, 0.15) is 151 Å². The largest absolute Gasteiger partial charge is 0.465 e. The smallest absolute Gasteiger partial charge is 0.339 e. The summed E-state index contributed by atoms with van der Waals surface area (Å²) in [5, 5.41) is 0. The van der Waals surface area contributed by atoms with Gasteiger partial charge in [0, 0.05) is 17.2 Å². The van der Waals surface area contributed by atoms with Crippen molar-refractivity contribution in [2.24, 2.45) is 29.6 Å². The SMILES string of the molecule is C=CC(=O)OCCCCOC(=O)C1CCC(C(=O)Oc2ccc(C(=O)OC3(C#Cc4ccc(C#CC)cc4)CCC(C4CCC(CCCCC)CC4)CC3)cc2)CC1. The zero-order valence-electron chi connectivity index (χ0n) is 34.7. The zero-order valence-corrected chi connectivity index (χ0v) is 34.7. The number of hydrogen-bond donors (Lipinski definition) is 0. The minimum atomic E-state index is -0.884. The molecule has 0 heterocycles. The molecule has 0 bridgehead atoms. The molecule has 310 valence electrons. The maximum Gasteiger partial charge on any atom is 0.339 e. The Bertz CT molecular complexity index is 1780. The molecule has 3 aliphatic carbocycles. The van der Waals surface area contributed by atoms with Crippen LogP contribution in [0.15, 0.2) is 61.2 Å². The summed E-state index contributed by atoms with van der Waals surface area (Å²) in [6, 6.07) is 14.4. The molecule has 0 spiro atoms. The Morgan fingerprint density at radius 3 is 1.90 bits per heavy atom. The van der Waals surface area contributed by atoms with Crippen molar-refractivity contribution >= 4 is 23.9 Å². The van der Waals surface area contributed by atoms with Crippen molar-refractivity contribution in [3.05, 3.63) is 77.9 Å². The van der Waals surface area contributed by atoms with Gasteiger partial charge in [-0.05, 0) is 156 Å². The van der Waals surface area contributed by atoms with Gasteiger partial charge < -0.3 is 18.9 Å². The van der Waals surface area contributed by atoms with Gasteiger partial charge in [-0.15, -0.1) is 5.92 Å². The average Bonchev–Trinajstić information content (AvgIpc) is 3.25. The van der Waals surface area contributed by atoms with Gasteiger partial charge in [0.15, 0.2) is 5.60 Å². The van der Waals surface area contributed by atoms with E-state index in [-0.39, 0.29) is 37.0 Å². The molecule has 0 radical (unpaired) electrons. The minimum absolute atomic E-state index is 0.253.